The van der Waals surface area contributed by atoms with E-state index in [1.165, 1.54) is 0 Å². The zero-order valence-corrected chi connectivity index (χ0v) is 11.2. The van der Waals surface area contributed by atoms with Crippen molar-refractivity contribution in [1.29, 1.82) is 0 Å². The maximum absolute atomic E-state index is 10.0. The van der Waals surface area contributed by atoms with Gasteiger partial charge in [-0.1, -0.05) is 6.42 Å². The van der Waals surface area contributed by atoms with E-state index in [9.17, 15) is 20.4 Å². The van der Waals surface area contributed by atoms with Crippen molar-refractivity contribution in [2.75, 3.05) is 13.2 Å². The number of fused-ring (bicyclic) bond motifs is 1. The van der Waals surface area contributed by atoms with Gasteiger partial charge in [-0.15, -0.1) is 0 Å². The van der Waals surface area contributed by atoms with Gasteiger partial charge in [-0.3, -0.25) is 0 Å². The Balaban J connectivity index is 1.95. The highest BCUT2D eigenvalue weighted by molar-refractivity contribution is 5.17. The zero-order valence-electron chi connectivity index (χ0n) is 11.2. The molecule has 20 heavy (non-hydrogen) atoms. The Morgan fingerprint density at radius 2 is 2.05 bits per heavy atom. The normalized spacial score (nSPS) is 37.7. The molecule has 7 nitrogen and oxygen atoms in total. The molecule has 0 aromatic carbocycles. The van der Waals surface area contributed by atoms with E-state index in [0.717, 1.165) is 31.5 Å². The van der Waals surface area contributed by atoms with Crippen molar-refractivity contribution >= 4 is 0 Å². The number of rotatable bonds is 2. The van der Waals surface area contributed by atoms with E-state index in [1.54, 1.807) is 10.8 Å². The van der Waals surface area contributed by atoms with Gasteiger partial charge in [0.25, 0.3) is 0 Å². The van der Waals surface area contributed by atoms with E-state index in [-0.39, 0.29) is 12.6 Å². The highest BCUT2D eigenvalue weighted by Gasteiger charge is 2.42. The van der Waals surface area contributed by atoms with Gasteiger partial charge in [-0.25, -0.2) is 4.98 Å². The second-order valence-corrected chi connectivity index (χ2v) is 5.61. The average Bonchev–Trinajstić information content (AvgIpc) is 2.91. The van der Waals surface area contributed by atoms with Crippen LogP contribution < -0.4 is 5.32 Å². The van der Waals surface area contributed by atoms with Crippen LogP contribution >= 0.6 is 0 Å². The van der Waals surface area contributed by atoms with Crippen LogP contribution in [0.15, 0.2) is 6.20 Å². The summed E-state index contributed by atoms with van der Waals surface area (Å²) in [7, 11) is 0. The van der Waals surface area contributed by atoms with Crippen LogP contribution in [0.4, 0.5) is 0 Å². The molecule has 3 rings (SSSR count). The van der Waals surface area contributed by atoms with Gasteiger partial charge >= 0.3 is 0 Å². The molecule has 2 aliphatic rings. The van der Waals surface area contributed by atoms with Crippen molar-refractivity contribution in [2.24, 2.45) is 0 Å². The van der Waals surface area contributed by atoms with Gasteiger partial charge in [-0.05, 0) is 19.4 Å². The van der Waals surface area contributed by atoms with Gasteiger partial charge in [0.2, 0.25) is 0 Å². The van der Waals surface area contributed by atoms with Gasteiger partial charge in [0.15, 0.2) is 0 Å². The van der Waals surface area contributed by atoms with Gasteiger partial charge in [0.1, 0.15) is 24.1 Å². The van der Waals surface area contributed by atoms with Crippen LogP contribution in [-0.4, -0.2) is 55.3 Å². The highest BCUT2D eigenvalue weighted by atomic mass is 16.4. The molecule has 0 spiro atoms. The SMILES string of the molecule is OC[C@@H]1[C@@H](O)[C@H](O)[C@@H](O)c2nc(C3CCCCN3)cn21. The summed E-state index contributed by atoms with van der Waals surface area (Å²) in [5.41, 5.74) is 0.790. The van der Waals surface area contributed by atoms with E-state index in [0.29, 0.717) is 5.82 Å². The molecule has 1 unspecified atom stereocenters. The smallest absolute Gasteiger partial charge is 0.141 e. The summed E-state index contributed by atoms with van der Waals surface area (Å²) < 4.78 is 1.59. The average molecular weight is 283 g/mol. The lowest BCUT2D eigenvalue weighted by Crippen LogP contribution is -2.46. The molecular formula is C13H21N3O4. The number of piperidine rings is 1. The van der Waals surface area contributed by atoms with Crippen molar-refractivity contribution < 1.29 is 20.4 Å². The molecule has 1 fully saturated rings. The van der Waals surface area contributed by atoms with Crippen molar-refractivity contribution in [1.82, 2.24) is 14.9 Å². The minimum atomic E-state index is -1.32. The molecule has 5 N–H and O–H groups in total. The van der Waals surface area contributed by atoms with Crippen LogP contribution in [0.25, 0.3) is 0 Å². The topological polar surface area (TPSA) is 111 Å². The molecule has 112 valence electrons. The second kappa shape index (κ2) is 5.42. The van der Waals surface area contributed by atoms with Crippen molar-refractivity contribution in [2.45, 2.75) is 49.7 Å². The second-order valence-electron chi connectivity index (χ2n) is 5.61. The Morgan fingerprint density at radius 1 is 1.25 bits per heavy atom. The third-order valence-corrected chi connectivity index (χ3v) is 4.32. The molecule has 0 bridgehead atoms. The Kier molecular flexibility index (Phi) is 3.78. The minimum Gasteiger partial charge on any atom is -0.394 e. The molecule has 1 aromatic rings. The van der Waals surface area contributed by atoms with Gasteiger partial charge in [-0.2, -0.15) is 0 Å². The molecule has 1 aromatic heterocycles. The number of aliphatic hydroxyl groups excluding tert-OH is 4. The summed E-state index contributed by atoms with van der Waals surface area (Å²) in [5.74, 6) is 0.309. The third kappa shape index (κ3) is 2.15. The number of nitrogens with zero attached hydrogens (tertiary/aromatic N) is 2. The fourth-order valence-corrected chi connectivity index (χ4v) is 3.11. The molecule has 0 amide bonds. The highest BCUT2D eigenvalue weighted by Crippen LogP contribution is 2.34. The first-order chi connectivity index (χ1) is 9.63. The summed E-state index contributed by atoms with van der Waals surface area (Å²) in [6, 6.07) is -0.545. The fraction of sp³-hybridized carbons (Fsp3) is 0.769. The Labute approximate surface area is 116 Å². The summed E-state index contributed by atoms with van der Waals surface area (Å²) in [5, 5.41) is 42.6. The Bertz CT molecular complexity index is 472. The maximum atomic E-state index is 10.0. The molecule has 0 aliphatic carbocycles. The third-order valence-electron chi connectivity index (χ3n) is 4.32. The van der Waals surface area contributed by atoms with Crippen LogP contribution in [0, 0.1) is 0 Å². The predicted molar refractivity (Wildman–Crippen MR) is 69.9 cm³/mol. The number of imidazole rings is 1. The van der Waals surface area contributed by atoms with Crippen molar-refractivity contribution in [3.63, 3.8) is 0 Å². The van der Waals surface area contributed by atoms with Gasteiger partial charge < -0.3 is 30.3 Å². The lowest BCUT2D eigenvalue weighted by atomic mass is 9.96. The molecule has 0 saturated carbocycles. The molecule has 1 saturated heterocycles. The predicted octanol–water partition coefficient (Wildman–Crippen LogP) is -1.00. The number of hydrogen-bond donors (Lipinski definition) is 5. The first kappa shape index (κ1) is 14.0. The van der Waals surface area contributed by atoms with E-state index in [4.69, 9.17) is 0 Å². The van der Waals surface area contributed by atoms with Gasteiger partial charge in [0, 0.05) is 6.20 Å². The number of hydrogen-bond acceptors (Lipinski definition) is 6. The largest absolute Gasteiger partial charge is 0.394 e. The summed E-state index contributed by atoms with van der Waals surface area (Å²) in [6.45, 7) is 0.621. The molecular weight excluding hydrogens is 262 g/mol. The molecule has 0 radical (unpaired) electrons. The van der Waals surface area contributed by atoms with Crippen molar-refractivity contribution in [3.05, 3.63) is 17.7 Å². The first-order valence-electron chi connectivity index (χ1n) is 7.10. The Morgan fingerprint density at radius 3 is 2.70 bits per heavy atom. The monoisotopic (exact) mass is 283 g/mol. The standard InChI is InChI=1S/C13H21N3O4/c17-6-9-10(18)11(19)12(20)13-15-8(5-16(9)13)7-3-1-2-4-14-7/h5,7,9-12,14,17-20H,1-4,6H2/t7?,9-,10-,11+,12-/m1/s1. The van der Waals surface area contributed by atoms with Gasteiger partial charge in [0.05, 0.1) is 24.4 Å². The van der Waals surface area contributed by atoms with E-state index < -0.39 is 24.4 Å². The van der Waals surface area contributed by atoms with Crippen LogP contribution in [-0.2, 0) is 0 Å². The Hall–Kier alpha value is -0.990. The maximum Gasteiger partial charge on any atom is 0.141 e. The molecule has 5 atom stereocenters. The molecule has 7 heteroatoms. The minimum absolute atomic E-state index is 0.127. The van der Waals surface area contributed by atoms with Crippen LogP contribution in [0.3, 0.4) is 0 Å². The van der Waals surface area contributed by atoms with E-state index in [2.05, 4.69) is 10.3 Å². The quantitative estimate of drug-likeness (QED) is 0.476. The zero-order chi connectivity index (χ0) is 14.3. The van der Waals surface area contributed by atoms with E-state index in [1.807, 2.05) is 0 Å². The van der Waals surface area contributed by atoms with Crippen LogP contribution in [0.2, 0.25) is 0 Å². The van der Waals surface area contributed by atoms with Crippen molar-refractivity contribution in [3.8, 4) is 0 Å². The summed E-state index contributed by atoms with van der Waals surface area (Å²) in [4.78, 5) is 4.41. The van der Waals surface area contributed by atoms with E-state index >= 15 is 0 Å². The molecule has 2 aliphatic heterocycles. The van der Waals surface area contributed by atoms with Crippen LogP contribution in [0.1, 0.15) is 49.0 Å². The number of aliphatic hydroxyl groups is 4. The summed E-state index contributed by atoms with van der Waals surface area (Å²) >= 11 is 0. The number of nitrogens with one attached hydrogen (secondary N) is 1. The van der Waals surface area contributed by atoms with Crippen LogP contribution in [0.5, 0.6) is 0 Å². The lowest BCUT2D eigenvalue weighted by Gasteiger charge is -2.35. The number of aromatic nitrogens is 2. The fourth-order valence-electron chi connectivity index (χ4n) is 3.11. The first-order valence-corrected chi connectivity index (χ1v) is 7.10. The summed E-state index contributed by atoms with van der Waals surface area (Å²) in [6.07, 6.45) is 1.24. The lowest BCUT2D eigenvalue weighted by molar-refractivity contribution is -0.108. The molecule has 3 heterocycles.